The van der Waals surface area contributed by atoms with Gasteiger partial charge in [0.2, 0.25) is 0 Å². The predicted molar refractivity (Wildman–Crippen MR) is 83.7 cm³/mol. The lowest BCUT2D eigenvalue weighted by atomic mass is 10.2. The van der Waals surface area contributed by atoms with E-state index in [1.807, 2.05) is 52.9 Å². The smallest absolute Gasteiger partial charge is 0.175 e. The summed E-state index contributed by atoms with van der Waals surface area (Å²) >= 11 is 1.14. The maximum absolute atomic E-state index is 10.8. The van der Waals surface area contributed by atoms with Crippen LogP contribution < -0.4 is 5.11 Å². The Hall–Kier alpha value is -2.60. The number of thioether (sulfide) groups is 1. The molecule has 0 N–H and O–H groups in total. The molecule has 0 unspecified atom stereocenters. The van der Waals surface area contributed by atoms with Crippen molar-refractivity contribution in [2.75, 3.05) is 5.75 Å². The van der Waals surface area contributed by atoms with Crippen molar-refractivity contribution in [3.63, 3.8) is 0 Å². The second kappa shape index (κ2) is 4.99. The molecule has 5 nitrogen and oxygen atoms in total. The molecule has 0 radical (unpaired) electrons. The lowest BCUT2D eigenvalue weighted by Crippen LogP contribution is -2.24. The average Bonchev–Trinajstić information content (AvgIpc) is 2.92. The first-order valence-corrected chi connectivity index (χ1v) is 7.71. The summed E-state index contributed by atoms with van der Waals surface area (Å²) in [5, 5.41) is 12.3. The molecule has 0 saturated heterocycles. The fraction of sp³-hybridized carbons (Fsp3) is 0.0625. The summed E-state index contributed by atoms with van der Waals surface area (Å²) in [4.78, 5) is 20.1. The lowest BCUT2D eigenvalue weighted by molar-refractivity contribution is -0.301. The quantitative estimate of drug-likeness (QED) is 0.427. The Morgan fingerprint density at radius 3 is 2.59 bits per heavy atom. The third-order valence-corrected chi connectivity index (χ3v) is 4.34. The van der Waals surface area contributed by atoms with Crippen LogP contribution in [-0.4, -0.2) is 26.1 Å². The van der Waals surface area contributed by atoms with Gasteiger partial charge in [-0.25, -0.2) is 9.97 Å². The molecule has 4 rings (SSSR count). The Kier molecular flexibility index (Phi) is 2.97. The first-order valence-electron chi connectivity index (χ1n) is 6.72. The number of carboxylic acids is 1. The van der Waals surface area contributed by atoms with Gasteiger partial charge < -0.3 is 9.90 Å². The first-order chi connectivity index (χ1) is 10.7. The number of aliphatic carboxylic acids is 1. The molecule has 0 aliphatic rings. The highest BCUT2D eigenvalue weighted by Gasteiger charge is 2.13. The van der Waals surface area contributed by atoms with Crippen molar-refractivity contribution in [3.8, 4) is 0 Å². The number of hydrogen-bond acceptors (Lipinski definition) is 5. The molecule has 2 aromatic heterocycles. The van der Waals surface area contributed by atoms with Crippen molar-refractivity contribution >= 4 is 45.3 Å². The Labute approximate surface area is 129 Å². The largest absolute Gasteiger partial charge is 0.549 e. The SMILES string of the molecule is O=C([O-])CSc1nc2ccccc2c2nc3ccccc3n12. The molecule has 0 bridgehead atoms. The van der Waals surface area contributed by atoms with E-state index in [0.717, 1.165) is 39.3 Å². The van der Waals surface area contributed by atoms with E-state index < -0.39 is 5.97 Å². The number of carbonyl (C=O) groups excluding carboxylic acids is 1. The maximum Gasteiger partial charge on any atom is 0.175 e. The second-order valence-electron chi connectivity index (χ2n) is 4.83. The van der Waals surface area contributed by atoms with Crippen LogP contribution in [0.3, 0.4) is 0 Å². The van der Waals surface area contributed by atoms with Gasteiger partial charge >= 0.3 is 0 Å². The predicted octanol–water partition coefficient (Wildman–Crippen LogP) is 1.88. The zero-order valence-electron chi connectivity index (χ0n) is 11.4. The van der Waals surface area contributed by atoms with Gasteiger partial charge in [0.25, 0.3) is 0 Å². The van der Waals surface area contributed by atoms with Gasteiger partial charge in [0, 0.05) is 11.1 Å². The highest BCUT2D eigenvalue weighted by Crippen LogP contribution is 2.28. The molecule has 4 aromatic rings. The van der Waals surface area contributed by atoms with Crippen molar-refractivity contribution in [2.24, 2.45) is 0 Å². The van der Waals surface area contributed by atoms with Crippen LogP contribution >= 0.6 is 11.8 Å². The molecule has 0 spiro atoms. The maximum atomic E-state index is 10.8. The minimum Gasteiger partial charge on any atom is -0.549 e. The van der Waals surface area contributed by atoms with E-state index in [0.29, 0.717) is 5.16 Å². The van der Waals surface area contributed by atoms with Crippen molar-refractivity contribution in [2.45, 2.75) is 5.16 Å². The van der Waals surface area contributed by atoms with Crippen LogP contribution in [0.1, 0.15) is 0 Å². The molecule has 2 aromatic carbocycles. The van der Waals surface area contributed by atoms with Crippen LogP contribution in [0.2, 0.25) is 0 Å². The van der Waals surface area contributed by atoms with E-state index in [-0.39, 0.29) is 5.75 Å². The number of carboxylic acid groups (broad SMARTS) is 1. The van der Waals surface area contributed by atoms with Crippen LogP contribution in [0.4, 0.5) is 0 Å². The molecular formula is C16H10N3O2S-. The highest BCUT2D eigenvalue weighted by atomic mass is 32.2. The van der Waals surface area contributed by atoms with Gasteiger partial charge in [-0.15, -0.1) is 0 Å². The van der Waals surface area contributed by atoms with Crippen molar-refractivity contribution in [1.82, 2.24) is 14.4 Å². The molecule has 0 aliphatic carbocycles. The Balaban J connectivity index is 2.11. The third-order valence-electron chi connectivity index (χ3n) is 3.43. The minimum atomic E-state index is -1.11. The summed E-state index contributed by atoms with van der Waals surface area (Å²) in [6, 6.07) is 15.5. The third kappa shape index (κ3) is 2.00. The molecule has 22 heavy (non-hydrogen) atoms. The summed E-state index contributed by atoms with van der Waals surface area (Å²) in [6.45, 7) is 0. The molecule has 0 fully saturated rings. The number of carbonyl (C=O) groups is 1. The Bertz CT molecular complexity index is 1030. The second-order valence-corrected chi connectivity index (χ2v) is 5.77. The van der Waals surface area contributed by atoms with Gasteiger partial charge in [-0.3, -0.25) is 4.40 Å². The first kappa shape index (κ1) is 13.1. The number of nitrogens with zero attached hydrogens (tertiary/aromatic N) is 3. The van der Waals surface area contributed by atoms with Crippen LogP contribution in [0, 0.1) is 0 Å². The number of benzene rings is 2. The molecule has 108 valence electrons. The Morgan fingerprint density at radius 1 is 1.05 bits per heavy atom. The average molecular weight is 308 g/mol. The fourth-order valence-corrected chi connectivity index (χ4v) is 3.26. The topological polar surface area (TPSA) is 70.3 Å². The molecule has 0 atom stereocenters. The molecule has 0 aliphatic heterocycles. The summed E-state index contributed by atoms with van der Waals surface area (Å²) in [5.74, 6) is -1.26. The molecular weight excluding hydrogens is 298 g/mol. The van der Waals surface area contributed by atoms with Crippen molar-refractivity contribution in [3.05, 3.63) is 48.5 Å². The number of hydrogen-bond donors (Lipinski definition) is 0. The summed E-state index contributed by atoms with van der Waals surface area (Å²) in [5.41, 5.74) is 3.35. The van der Waals surface area contributed by atoms with Gasteiger partial charge in [-0.05, 0) is 24.3 Å². The fourth-order valence-electron chi connectivity index (χ4n) is 2.53. The van der Waals surface area contributed by atoms with Crippen LogP contribution in [0.15, 0.2) is 53.7 Å². The molecule has 6 heteroatoms. The lowest BCUT2D eigenvalue weighted by Gasteiger charge is -2.08. The summed E-state index contributed by atoms with van der Waals surface area (Å²) in [6.07, 6.45) is 0. The normalized spacial score (nSPS) is 11.5. The minimum absolute atomic E-state index is 0.146. The number of para-hydroxylation sites is 3. The molecule has 0 amide bonds. The van der Waals surface area contributed by atoms with Crippen LogP contribution in [-0.2, 0) is 4.79 Å². The van der Waals surface area contributed by atoms with E-state index in [9.17, 15) is 9.90 Å². The van der Waals surface area contributed by atoms with Gasteiger partial charge in [0.1, 0.15) is 5.65 Å². The van der Waals surface area contributed by atoms with E-state index >= 15 is 0 Å². The molecule has 2 heterocycles. The van der Waals surface area contributed by atoms with Crippen molar-refractivity contribution in [1.29, 1.82) is 0 Å². The monoisotopic (exact) mass is 308 g/mol. The summed E-state index contributed by atoms with van der Waals surface area (Å²) < 4.78 is 1.91. The van der Waals surface area contributed by atoms with E-state index in [1.165, 1.54) is 0 Å². The standard InChI is InChI=1S/C16H11N3O2S/c20-14(21)9-22-16-18-11-6-2-1-5-10(11)15-17-12-7-3-4-8-13(12)19(15)16/h1-8H,9H2,(H,20,21)/p-1. The number of imidazole rings is 1. The van der Waals surface area contributed by atoms with Crippen molar-refractivity contribution < 1.29 is 9.90 Å². The van der Waals surface area contributed by atoms with Crippen LogP contribution in [0.25, 0.3) is 27.6 Å². The van der Waals surface area contributed by atoms with Gasteiger partial charge in [0.15, 0.2) is 5.16 Å². The van der Waals surface area contributed by atoms with E-state index in [1.54, 1.807) is 0 Å². The Morgan fingerprint density at radius 2 is 1.77 bits per heavy atom. The zero-order valence-corrected chi connectivity index (χ0v) is 12.2. The zero-order chi connectivity index (χ0) is 15.1. The summed E-state index contributed by atoms with van der Waals surface area (Å²) in [7, 11) is 0. The molecule has 0 saturated carbocycles. The van der Waals surface area contributed by atoms with Crippen LogP contribution in [0.5, 0.6) is 0 Å². The van der Waals surface area contributed by atoms with E-state index in [2.05, 4.69) is 9.97 Å². The number of fused-ring (bicyclic) bond motifs is 5. The number of rotatable bonds is 3. The number of aromatic nitrogens is 3. The van der Waals surface area contributed by atoms with Gasteiger partial charge in [0.05, 0.1) is 22.5 Å². The van der Waals surface area contributed by atoms with Gasteiger partial charge in [-0.2, -0.15) is 0 Å². The van der Waals surface area contributed by atoms with E-state index in [4.69, 9.17) is 0 Å². The van der Waals surface area contributed by atoms with Gasteiger partial charge in [-0.1, -0.05) is 36.0 Å². The highest BCUT2D eigenvalue weighted by molar-refractivity contribution is 7.99.